The molecule has 7 rings (SSSR count). The van der Waals surface area contributed by atoms with Gasteiger partial charge in [-0.2, -0.15) is 0 Å². The number of nitrogens with one attached hydrogen (secondary N) is 2. The molecule has 1 atom stereocenters. The number of likely N-dealkylation sites (tertiary alicyclic amines) is 1. The van der Waals surface area contributed by atoms with Crippen molar-refractivity contribution in [1.29, 1.82) is 0 Å². The smallest absolute Gasteiger partial charge is 0.323 e. The standard InChI is InChI=1S/C32H33FN8O2/c1-20(2)29-24(13-34-18-36-29)23-12-22(33)4-6-27(23)43-28-14-35-19-37-30(28)41-10-8-32(17-41)7-9-40(16-32)15-21-3-5-25-26(11-21)39-31(42)38-25/h3-6,11-14,18-20H,7-10,15-17H2,1-2H3,(H2,38,39,42). The molecule has 10 nitrogen and oxygen atoms in total. The summed E-state index contributed by atoms with van der Waals surface area (Å²) in [5, 5.41) is 0. The van der Waals surface area contributed by atoms with Crippen LogP contribution in [0, 0.1) is 11.2 Å². The molecule has 1 unspecified atom stereocenters. The van der Waals surface area contributed by atoms with Gasteiger partial charge >= 0.3 is 5.69 Å². The first-order valence-electron chi connectivity index (χ1n) is 14.6. The molecular weight excluding hydrogens is 547 g/mol. The van der Waals surface area contributed by atoms with E-state index in [2.05, 4.69) is 51.8 Å². The fourth-order valence-corrected chi connectivity index (χ4v) is 6.59. The lowest BCUT2D eigenvalue weighted by atomic mass is 9.86. The minimum Gasteiger partial charge on any atom is -0.451 e. The summed E-state index contributed by atoms with van der Waals surface area (Å²) in [5.74, 6) is 1.52. The Balaban J connectivity index is 1.10. The molecule has 2 aliphatic rings. The van der Waals surface area contributed by atoms with Crippen molar-refractivity contribution in [3.8, 4) is 22.6 Å². The van der Waals surface area contributed by atoms with Crippen molar-refractivity contribution in [2.24, 2.45) is 5.41 Å². The molecule has 2 aromatic carbocycles. The Morgan fingerprint density at radius 3 is 2.63 bits per heavy atom. The zero-order chi connectivity index (χ0) is 29.6. The van der Waals surface area contributed by atoms with E-state index in [4.69, 9.17) is 4.74 Å². The first kappa shape index (κ1) is 27.2. The molecule has 0 saturated carbocycles. The van der Waals surface area contributed by atoms with Crippen LogP contribution in [0.5, 0.6) is 11.5 Å². The highest BCUT2D eigenvalue weighted by Crippen LogP contribution is 2.44. The number of fused-ring (bicyclic) bond motifs is 1. The Bertz CT molecular complexity index is 1850. The van der Waals surface area contributed by atoms with Gasteiger partial charge in [0.2, 0.25) is 0 Å². The number of benzene rings is 2. The molecular formula is C32H33FN8O2. The van der Waals surface area contributed by atoms with Gasteiger partial charge in [-0.15, -0.1) is 0 Å². The van der Waals surface area contributed by atoms with Crippen LogP contribution in [0.1, 0.15) is 43.9 Å². The maximum Gasteiger partial charge on any atom is 0.323 e. The van der Waals surface area contributed by atoms with Crippen LogP contribution >= 0.6 is 0 Å². The summed E-state index contributed by atoms with van der Waals surface area (Å²) in [5.41, 5.74) is 4.96. The van der Waals surface area contributed by atoms with Crippen LogP contribution < -0.4 is 15.3 Å². The highest BCUT2D eigenvalue weighted by atomic mass is 19.1. The Kier molecular flexibility index (Phi) is 6.89. The first-order valence-corrected chi connectivity index (χ1v) is 14.6. The van der Waals surface area contributed by atoms with Gasteiger partial charge in [0, 0.05) is 48.9 Å². The van der Waals surface area contributed by atoms with E-state index in [1.165, 1.54) is 24.0 Å². The summed E-state index contributed by atoms with van der Waals surface area (Å²) < 4.78 is 20.9. The molecule has 11 heteroatoms. The second kappa shape index (κ2) is 10.9. The topological polar surface area (TPSA) is 116 Å². The normalized spacial score (nSPS) is 18.8. The molecule has 2 N–H and O–H groups in total. The van der Waals surface area contributed by atoms with Gasteiger partial charge < -0.3 is 19.6 Å². The summed E-state index contributed by atoms with van der Waals surface area (Å²) in [6.07, 6.45) is 8.59. The third-order valence-corrected chi connectivity index (χ3v) is 8.64. The van der Waals surface area contributed by atoms with E-state index in [1.807, 2.05) is 19.9 Å². The van der Waals surface area contributed by atoms with E-state index < -0.39 is 0 Å². The van der Waals surface area contributed by atoms with Crippen molar-refractivity contribution in [2.75, 3.05) is 31.1 Å². The van der Waals surface area contributed by atoms with Crippen LogP contribution in [0.2, 0.25) is 0 Å². The summed E-state index contributed by atoms with van der Waals surface area (Å²) in [6.45, 7) is 8.65. The summed E-state index contributed by atoms with van der Waals surface area (Å²) in [4.78, 5) is 39.7. The second-order valence-corrected chi connectivity index (χ2v) is 12.0. The lowest BCUT2D eigenvalue weighted by Crippen LogP contribution is -2.31. The predicted molar refractivity (Wildman–Crippen MR) is 162 cm³/mol. The van der Waals surface area contributed by atoms with Gasteiger partial charge in [-0.3, -0.25) is 4.90 Å². The summed E-state index contributed by atoms with van der Waals surface area (Å²) in [7, 11) is 0. The largest absolute Gasteiger partial charge is 0.451 e. The third kappa shape index (κ3) is 5.36. The van der Waals surface area contributed by atoms with E-state index >= 15 is 0 Å². The number of aromatic amines is 2. The van der Waals surface area contributed by atoms with Crippen molar-refractivity contribution < 1.29 is 9.13 Å². The molecule has 2 fully saturated rings. The maximum absolute atomic E-state index is 14.5. The monoisotopic (exact) mass is 580 g/mol. The lowest BCUT2D eigenvalue weighted by Gasteiger charge is -2.26. The van der Waals surface area contributed by atoms with E-state index in [0.29, 0.717) is 17.1 Å². The average Bonchev–Trinajstić information content (AvgIpc) is 3.71. The van der Waals surface area contributed by atoms with Crippen LogP contribution in [0.3, 0.4) is 0 Å². The zero-order valence-electron chi connectivity index (χ0n) is 24.2. The molecule has 0 radical (unpaired) electrons. The molecule has 2 aliphatic heterocycles. The minimum atomic E-state index is -0.362. The highest BCUT2D eigenvalue weighted by molar-refractivity contribution is 5.75. The fourth-order valence-electron chi connectivity index (χ4n) is 6.59. The number of hydrogen-bond acceptors (Lipinski definition) is 8. The number of halogens is 1. The van der Waals surface area contributed by atoms with E-state index in [-0.39, 0.29) is 22.8 Å². The number of nitrogens with zero attached hydrogens (tertiary/aromatic N) is 6. The Labute approximate surface area is 248 Å². The van der Waals surface area contributed by atoms with Gasteiger partial charge in [0.25, 0.3) is 0 Å². The molecule has 220 valence electrons. The number of anilines is 1. The number of aromatic nitrogens is 6. The molecule has 0 bridgehead atoms. The van der Waals surface area contributed by atoms with E-state index in [0.717, 1.165) is 73.7 Å². The van der Waals surface area contributed by atoms with Crippen molar-refractivity contribution in [3.63, 3.8) is 0 Å². The molecule has 1 spiro atoms. The van der Waals surface area contributed by atoms with Crippen molar-refractivity contribution in [2.45, 2.75) is 39.2 Å². The Hall–Kier alpha value is -4.64. The van der Waals surface area contributed by atoms with Crippen LogP contribution in [0.4, 0.5) is 10.2 Å². The third-order valence-electron chi connectivity index (χ3n) is 8.64. The van der Waals surface area contributed by atoms with Crippen molar-refractivity contribution in [3.05, 3.63) is 89.0 Å². The van der Waals surface area contributed by atoms with Crippen LogP contribution in [-0.2, 0) is 6.54 Å². The van der Waals surface area contributed by atoms with Crippen molar-refractivity contribution in [1.82, 2.24) is 34.8 Å². The predicted octanol–water partition coefficient (Wildman–Crippen LogP) is 5.26. The number of rotatable bonds is 7. The van der Waals surface area contributed by atoms with Gasteiger partial charge in [0.05, 0.1) is 22.9 Å². The molecule has 43 heavy (non-hydrogen) atoms. The molecule has 5 aromatic rings. The fraction of sp³-hybridized carbons (Fsp3) is 0.344. The SMILES string of the molecule is CC(C)c1ncncc1-c1cc(F)ccc1Oc1cncnc1N1CCC2(CCN(Cc3ccc4[nH]c(=O)[nH]c4c3)C2)C1. The summed E-state index contributed by atoms with van der Waals surface area (Å²) >= 11 is 0. The van der Waals surface area contributed by atoms with Crippen LogP contribution in [0.25, 0.3) is 22.2 Å². The van der Waals surface area contributed by atoms with Crippen LogP contribution in [0.15, 0.2) is 66.2 Å². The van der Waals surface area contributed by atoms with Crippen LogP contribution in [-0.4, -0.2) is 61.0 Å². The first-order chi connectivity index (χ1) is 20.9. The molecule has 0 amide bonds. The number of H-pyrrole nitrogens is 2. The minimum absolute atomic E-state index is 0.122. The number of hydrogen-bond donors (Lipinski definition) is 2. The highest BCUT2D eigenvalue weighted by Gasteiger charge is 2.44. The average molecular weight is 581 g/mol. The maximum atomic E-state index is 14.5. The van der Waals surface area contributed by atoms with Gasteiger partial charge in [-0.1, -0.05) is 19.9 Å². The van der Waals surface area contributed by atoms with Gasteiger partial charge in [0.1, 0.15) is 24.2 Å². The van der Waals surface area contributed by atoms with Gasteiger partial charge in [-0.05, 0) is 61.2 Å². The molecule has 2 saturated heterocycles. The van der Waals surface area contributed by atoms with Gasteiger partial charge in [-0.25, -0.2) is 29.1 Å². The molecule has 5 heterocycles. The number of ether oxygens (including phenoxy) is 1. The Morgan fingerprint density at radius 2 is 1.74 bits per heavy atom. The molecule has 0 aliphatic carbocycles. The van der Waals surface area contributed by atoms with E-state index in [9.17, 15) is 9.18 Å². The summed E-state index contributed by atoms with van der Waals surface area (Å²) in [6, 6.07) is 10.6. The lowest BCUT2D eigenvalue weighted by molar-refractivity contribution is 0.270. The zero-order valence-corrected chi connectivity index (χ0v) is 24.2. The number of imidazole rings is 1. The second-order valence-electron chi connectivity index (χ2n) is 12.0. The quantitative estimate of drug-likeness (QED) is 0.268. The van der Waals surface area contributed by atoms with E-state index in [1.54, 1.807) is 24.8 Å². The molecule has 3 aromatic heterocycles. The Morgan fingerprint density at radius 1 is 0.930 bits per heavy atom. The van der Waals surface area contributed by atoms with Gasteiger partial charge in [0.15, 0.2) is 11.6 Å². The van der Waals surface area contributed by atoms with Crippen molar-refractivity contribution >= 4 is 16.9 Å².